The maximum Gasteiger partial charge on any atom is 0.416 e. The molecule has 7 atom stereocenters. The molecule has 1 aromatic carbocycles. The lowest BCUT2D eigenvalue weighted by Crippen LogP contribution is -2.46. The summed E-state index contributed by atoms with van der Waals surface area (Å²) in [6.45, 7) is 2.48. The molecule has 1 spiro atoms. The van der Waals surface area contributed by atoms with Gasteiger partial charge in [-0.3, -0.25) is 4.79 Å². The molecule has 1 saturated heterocycles. The van der Waals surface area contributed by atoms with Crippen molar-refractivity contribution < 1.29 is 19.4 Å². The van der Waals surface area contributed by atoms with E-state index in [1.807, 2.05) is 30.3 Å². The summed E-state index contributed by atoms with van der Waals surface area (Å²) in [6.07, 6.45) is 15.5. The maximum atomic E-state index is 14.3. The number of carbonyl (C=O) groups is 2. The van der Waals surface area contributed by atoms with E-state index < -0.39 is 6.09 Å². The van der Waals surface area contributed by atoms with Gasteiger partial charge in [0.25, 0.3) is 0 Å². The lowest BCUT2D eigenvalue weighted by molar-refractivity contribution is -0.136. The number of aliphatic hydroxyl groups is 1. The van der Waals surface area contributed by atoms with Gasteiger partial charge in [-0.05, 0) is 67.8 Å². The maximum absolute atomic E-state index is 14.3. The fraction of sp³-hybridized carbons (Fsp3) is 0.600. The summed E-state index contributed by atoms with van der Waals surface area (Å²) >= 11 is 2.41. The molecule has 2 bridgehead atoms. The van der Waals surface area contributed by atoms with E-state index in [9.17, 15) is 14.7 Å². The van der Waals surface area contributed by atoms with Crippen molar-refractivity contribution in [2.45, 2.75) is 57.9 Å². The monoisotopic (exact) mass is 603 g/mol. The van der Waals surface area contributed by atoms with E-state index in [2.05, 4.69) is 53.8 Å². The van der Waals surface area contributed by atoms with Crippen LogP contribution in [-0.2, 0) is 16.0 Å². The first-order valence-corrected chi connectivity index (χ1v) is 15.1. The Morgan fingerprint density at radius 1 is 1.19 bits per heavy atom. The highest BCUT2D eigenvalue weighted by atomic mass is 127. The van der Waals surface area contributed by atoms with E-state index in [1.54, 1.807) is 0 Å². The number of unbranched alkanes of at least 4 members (excludes halogenated alkanes) is 3. The molecule has 6 heteroatoms. The van der Waals surface area contributed by atoms with Crippen molar-refractivity contribution in [3.8, 4) is 0 Å². The number of imide groups is 1. The number of nitrogens with zero attached hydrogens (tertiary/aromatic N) is 1. The molecule has 36 heavy (non-hydrogen) atoms. The van der Waals surface area contributed by atoms with E-state index in [1.165, 1.54) is 4.90 Å². The van der Waals surface area contributed by atoms with Crippen LogP contribution in [0.5, 0.6) is 0 Å². The SMILES string of the molecule is C/C=C/CCCCC[C@@H]1[C@@H](C(=O)N2C(=O)OC[C@@H]2Cc2ccccc2)[C@H]2C=C[C@@H]1[C@@]21CC1(CO)CI. The van der Waals surface area contributed by atoms with Crippen LogP contribution in [-0.4, -0.2) is 45.7 Å². The van der Waals surface area contributed by atoms with Crippen LogP contribution in [0.15, 0.2) is 54.6 Å². The molecule has 5 nitrogen and oxygen atoms in total. The van der Waals surface area contributed by atoms with E-state index in [-0.39, 0.29) is 53.7 Å². The van der Waals surface area contributed by atoms with Crippen molar-refractivity contribution in [2.24, 2.45) is 34.5 Å². The molecule has 194 valence electrons. The second-order valence-electron chi connectivity index (χ2n) is 11.3. The first-order chi connectivity index (χ1) is 17.5. The quantitative estimate of drug-likeness (QED) is 0.147. The number of allylic oxidation sites excluding steroid dienone is 4. The second kappa shape index (κ2) is 10.6. The molecule has 1 unspecified atom stereocenters. The molecule has 2 amide bonds. The van der Waals surface area contributed by atoms with Crippen LogP contribution in [0.3, 0.4) is 0 Å². The molecule has 3 aliphatic carbocycles. The molecule has 0 radical (unpaired) electrons. The number of amides is 2. The highest BCUT2D eigenvalue weighted by Gasteiger charge is 2.79. The smallest absolute Gasteiger partial charge is 0.416 e. The summed E-state index contributed by atoms with van der Waals surface area (Å²) < 4.78 is 6.33. The summed E-state index contributed by atoms with van der Waals surface area (Å²) in [5, 5.41) is 10.4. The number of cyclic esters (lactones) is 1. The Bertz CT molecular complexity index is 1020. The first-order valence-electron chi connectivity index (χ1n) is 13.5. The summed E-state index contributed by atoms with van der Waals surface area (Å²) in [5.74, 6) is 0.351. The zero-order chi connectivity index (χ0) is 25.3. The Balaban J connectivity index is 1.38. The third-order valence-corrected chi connectivity index (χ3v) is 11.0. The van der Waals surface area contributed by atoms with Gasteiger partial charge in [0, 0.05) is 15.8 Å². The highest BCUT2D eigenvalue weighted by molar-refractivity contribution is 14.1. The first kappa shape index (κ1) is 26.0. The minimum Gasteiger partial charge on any atom is -0.447 e. The van der Waals surface area contributed by atoms with Crippen LogP contribution >= 0.6 is 22.6 Å². The Morgan fingerprint density at radius 3 is 2.67 bits per heavy atom. The van der Waals surface area contributed by atoms with Gasteiger partial charge in [-0.25, -0.2) is 9.69 Å². The fourth-order valence-corrected chi connectivity index (χ4v) is 8.97. The van der Waals surface area contributed by atoms with Crippen LogP contribution in [0.4, 0.5) is 4.79 Å². The number of aliphatic hydroxyl groups excluding tert-OH is 1. The summed E-state index contributed by atoms with van der Waals surface area (Å²) in [6, 6.07) is 9.76. The number of alkyl halides is 1. The molecule has 4 aliphatic rings. The summed E-state index contributed by atoms with van der Waals surface area (Å²) in [7, 11) is 0. The van der Waals surface area contributed by atoms with Gasteiger partial charge in [-0.1, -0.05) is 90.1 Å². The molecular formula is C30H38INO4. The predicted molar refractivity (Wildman–Crippen MR) is 149 cm³/mol. The predicted octanol–water partition coefficient (Wildman–Crippen LogP) is 5.96. The number of rotatable bonds is 11. The third-order valence-electron chi connectivity index (χ3n) is 9.52. The average Bonchev–Trinajstić information content (AvgIpc) is 3.07. The van der Waals surface area contributed by atoms with Crippen LogP contribution in [0.1, 0.15) is 51.0 Å². The lowest BCUT2D eigenvalue weighted by Gasteiger charge is -2.31. The van der Waals surface area contributed by atoms with Crippen molar-refractivity contribution in [3.63, 3.8) is 0 Å². The minimum absolute atomic E-state index is 0.0303. The zero-order valence-corrected chi connectivity index (χ0v) is 23.3. The minimum atomic E-state index is -0.495. The zero-order valence-electron chi connectivity index (χ0n) is 21.2. The van der Waals surface area contributed by atoms with Crippen molar-refractivity contribution in [2.75, 3.05) is 17.6 Å². The molecule has 3 fully saturated rings. The van der Waals surface area contributed by atoms with Crippen molar-refractivity contribution >= 4 is 34.6 Å². The number of carbonyl (C=O) groups excluding carboxylic acids is 2. The molecular weight excluding hydrogens is 565 g/mol. The lowest BCUT2D eigenvalue weighted by atomic mass is 9.78. The topological polar surface area (TPSA) is 66.8 Å². The van der Waals surface area contributed by atoms with Crippen molar-refractivity contribution in [1.29, 1.82) is 0 Å². The molecule has 1 aromatic rings. The van der Waals surface area contributed by atoms with Gasteiger partial charge in [-0.2, -0.15) is 0 Å². The molecule has 0 aromatic heterocycles. The van der Waals surface area contributed by atoms with Crippen molar-refractivity contribution in [1.82, 2.24) is 4.90 Å². The van der Waals surface area contributed by atoms with E-state index in [0.717, 1.165) is 48.5 Å². The molecule has 5 rings (SSSR count). The van der Waals surface area contributed by atoms with Crippen LogP contribution in [0, 0.1) is 34.5 Å². The Morgan fingerprint density at radius 2 is 1.97 bits per heavy atom. The van der Waals surface area contributed by atoms with E-state index in [4.69, 9.17) is 4.74 Å². The normalized spacial score (nSPS) is 36.4. The molecule has 1 aliphatic heterocycles. The number of hydrogen-bond donors (Lipinski definition) is 1. The van der Waals surface area contributed by atoms with Gasteiger partial charge < -0.3 is 9.84 Å². The van der Waals surface area contributed by atoms with Gasteiger partial charge in [0.05, 0.1) is 12.6 Å². The second-order valence-corrected chi connectivity index (χ2v) is 12.0. The van der Waals surface area contributed by atoms with Crippen LogP contribution in [0.2, 0.25) is 0 Å². The number of hydrogen-bond acceptors (Lipinski definition) is 4. The van der Waals surface area contributed by atoms with Gasteiger partial charge in [0.15, 0.2) is 0 Å². The number of benzene rings is 1. The summed E-state index contributed by atoms with van der Waals surface area (Å²) in [5.41, 5.74) is 0.963. The van der Waals surface area contributed by atoms with E-state index in [0.29, 0.717) is 12.3 Å². The fourth-order valence-electron chi connectivity index (χ4n) is 7.74. The van der Waals surface area contributed by atoms with Gasteiger partial charge >= 0.3 is 6.09 Å². The Labute approximate surface area is 228 Å². The molecule has 1 N–H and O–H groups in total. The Hall–Kier alpha value is -1.67. The number of ether oxygens (including phenoxy) is 1. The van der Waals surface area contributed by atoms with E-state index >= 15 is 0 Å². The number of halogens is 1. The van der Waals surface area contributed by atoms with Crippen LogP contribution < -0.4 is 0 Å². The van der Waals surface area contributed by atoms with Gasteiger partial charge in [-0.15, -0.1) is 0 Å². The largest absolute Gasteiger partial charge is 0.447 e. The Kier molecular flexibility index (Phi) is 7.64. The van der Waals surface area contributed by atoms with Gasteiger partial charge in [0.2, 0.25) is 5.91 Å². The van der Waals surface area contributed by atoms with Crippen LogP contribution in [0.25, 0.3) is 0 Å². The average molecular weight is 604 g/mol. The standard InChI is InChI=1S/C30H38INO4/c1-2-3-4-5-6-10-13-23-24-14-15-25(30(24)18-29(30,19-31)20-33)26(23)27(34)32-22(17-36-28(32)35)16-21-11-8-7-9-12-21/h2-3,7-9,11-12,14-15,22-26,33H,4-6,10,13,16-20H2,1H3/b3-2+/t22-,23-,24-,25+,26+,29?,30-/m0/s1. The van der Waals surface area contributed by atoms with Crippen molar-refractivity contribution in [3.05, 3.63) is 60.2 Å². The third kappa shape index (κ3) is 4.16. The molecule has 1 heterocycles. The van der Waals surface area contributed by atoms with Gasteiger partial charge in [0.1, 0.15) is 6.61 Å². The molecule has 2 saturated carbocycles. The highest BCUT2D eigenvalue weighted by Crippen LogP contribution is 2.81. The summed E-state index contributed by atoms with van der Waals surface area (Å²) in [4.78, 5) is 28.6.